The molecule has 5 nitrogen and oxygen atoms in total. The van der Waals surface area contributed by atoms with Crippen molar-refractivity contribution in [1.29, 1.82) is 0 Å². The summed E-state index contributed by atoms with van der Waals surface area (Å²) in [4.78, 5) is 0.204. The Kier molecular flexibility index (Phi) is 4.56. The van der Waals surface area contributed by atoms with Crippen molar-refractivity contribution in [2.24, 2.45) is 0 Å². The number of rotatable bonds is 2. The second kappa shape index (κ2) is 5.69. The van der Waals surface area contributed by atoms with Gasteiger partial charge in [0, 0.05) is 27.7 Å². The molecule has 1 unspecified atom stereocenters. The molecule has 0 bridgehead atoms. The summed E-state index contributed by atoms with van der Waals surface area (Å²) in [7, 11) is -3.57. The van der Waals surface area contributed by atoms with Crippen LogP contribution in [0.1, 0.15) is 6.92 Å². The Hall–Kier alpha value is -0.150. The molecule has 1 aromatic carbocycles. The maximum Gasteiger partial charge on any atom is 0.245 e. The van der Waals surface area contributed by atoms with Crippen LogP contribution in [0.5, 0.6) is 0 Å². The summed E-state index contributed by atoms with van der Waals surface area (Å²) in [5, 5.41) is 0. The topological polar surface area (TPSA) is 72.6 Å². The molecule has 0 aromatic heterocycles. The number of nitrogens with two attached hydrogens (primary N) is 1. The van der Waals surface area contributed by atoms with E-state index in [1.807, 2.05) is 6.92 Å². The summed E-state index contributed by atoms with van der Waals surface area (Å²) in [5.74, 6) is 0. The third-order valence-corrected chi connectivity index (χ3v) is 6.57. The third-order valence-electron chi connectivity index (χ3n) is 2.82. The first-order valence-electron chi connectivity index (χ1n) is 5.68. The van der Waals surface area contributed by atoms with Crippen molar-refractivity contribution in [3.63, 3.8) is 0 Å². The zero-order valence-electron chi connectivity index (χ0n) is 10.3. The van der Waals surface area contributed by atoms with Crippen LogP contribution in [0.25, 0.3) is 0 Å². The molecule has 1 aliphatic heterocycles. The standard InChI is InChI=1S/C11H14Br2N2O3S/c1-7-6-15(2-3-18-7)19(16,17)11-9(12)4-8(14)5-10(11)13/h4-5,7H,2-3,6,14H2,1H3. The van der Waals surface area contributed by atoms with Crippen LogP contribution in [0.3, 0.4) is 0 Å². The van der Waals surface area contributed by atoms with E-state index in [1.54, 1.807) is 12.1 Å². The zero-order valence-corrected chi connectivity index (χ0v) is 14.3. The Morgan fingerprint density at radius 1 is 1.37 bits per heavy atom. The first kappa shape index (κ1) is 15.2. The van der Waals surface area contributed by atoms with Crippen LogP contribution in [0, 0.1) is 0 Å². The van der Waals surface area contributed by atoms with Gasteiger partial charge in [0.15, 0.2) is 0 Å². The van der Waals surface area contributed by atoms with E-state index in [-0.39, 0.29) is 11.0 Å². The highest BCUT2D eigenvalue weighted by Crippen LogP contribution is 2.34. The summed E-state index contributed by atoms with van der Waals surface area (Å²) in [6, 6.07) is 3.17. The number of nitrogen functional groups attached to an aromatic ring is 1. The van der Waals surface area contributed by atoms with Gasteiger partial charge in [-0.1, -0.05) is 0 Å². The van der Waals surface area contributed by atoms with Crippen molar-refractivity contribution >= 4 is 47.6 Å². The predicted molar refractivity (Wildman–Crippen MR) is 80.4 cm³/mol. The van der Waals surface area contributed by atoms with Gasteiger partial charge in [0.1, 0.15) is 4.90 Å². The fourth-order valence-corrected chi connectivity index (χ4v) is 6.00. The number of anilines is 1. The van der Waals surface area contributed by atoms with E-state index < -0.39 is 10.0 Å². The summed E-state index contributed by atoms with van der Waals surface area (Å²) in [6.45, 7) is 2.97. The molecule has 0 saturated carbocycles. The molecule has 1 heterocycles. The minimum absolute atomic E-state index is 0.102. The number of sulfonamides is 1. The van der Waals surface area contributed by atoms with Crippen LogP contribution >= 0.6 is 31.9 Å². The van der Waals surface area contributed by atoms with Crippen molar-refractivity contribution in [3.05, 3.63) is 21.1 Å². The average molecular weight is 414 g/mol. The van der Waals surface area contributed by atoms with Gasteiger partial charge in [0.05, 0.1) is 12.7 Å². The smallest absolute Gasteiger partial charge is 0.245 e. The summed E-state index contributed by atoms with van der Waals surface area (Å²) < 4.78 is 33.0. The van der Waals surface area contributed by atoms with Crippen molar-refractivity contribution in [1.82, 2.24) is 4.31 Å². The number of ether oxygens (including phenoxy) is 1. The van der Waals surface area contributed by atoms with Crippen LogP contribution in [0.4, 0.5) is 5.69 Å². The minimum atomic E-state index is -3.57. The summed E-state index contributed by atoms with van der Waals surface area (Å²) in [6.07, 6.45) is -0.102. The second-order valence-electron chi connectivity index (χ2n) is 4.36. The first-order valence-corrected chi connectivity index (χ1v) is 8.71. The molecule has 1 fully saturated rings. The molecule has 1 aromatic rings. The molecular weight excluding hydrogens is 400 g/mol. The lowest BCUT2D eigenvalue weighted by atomic mass is 10.3. The molecular formula is C11H14Br2N2O3S. The van der Waals surface area contributed by atoms with Gasteiger partial charge in [-0.2, -0.15) is 4.31 Å². The highest BCUT2D eigenvalue weighted by molar-refractivity contribution is 9.11. The fourth-order valence-electron chi connectivity index (χ4n) is 1.96. The Morgan fingerprint density at radius 2 is 1.95 bits per heavy atom. The lowest BCUT2D eigenvalue weighted by molar-refractivity contribution is 0.0101. The third kappa shape index (κ3) is 3.13. The molecule has 1 atom stereocenters. The highest BCUT2D eigenvalue weighted by atomic mass is 79.9. The van der Waals surface area contributed by atoms with Crippen molar-refractivity contribution in [3.8, 4) is 0 Å². The normalized spacial score (nSPS) is 21.5. The van der Waals surface area contributed by atoms with Crippen molar-refractivity contribution in [2.45, 2.75) is 17.9 Å². The van der Waals surface area contributed by atoms with Gasteiger partial charge < -0.3 is 10.5 Å². The van der Waals surface area contributed by atoms with Crippen molar-refractivity contribution in [2.75, 3.05) is 25.4 Å². The van der Waals surface area contributed by atoms with Gasteiger partial charge in [-0.25, -0.2) is 8.42 Å². The molecule has 0 aliphatic carbocycles. The Balaban J connectivity index is 2.45. The summed E-state index contributed by atoms with van der Waals surface area (Å²) >= 11 is 6.54. The van der Waals surface area contributed by atoms with Gasteiger partial charge in [-0.15, -0.1) is 0 Å². The predicted octanol–water partition coefficient (Wildman–Crippen LogP) is 2.20. The molecule has 19 heavy (non-hydrogen) atoms. The van der Waals surface area contributed by atoms with E-state index >= 15 is 0 Å². The molecule has 106 valence electrons. The monoisotopic (exact) mass is 412 g/mol. The number of benzene rings is 1. The average Bonchev–Trinajstić information content (AvgIpc) is 2.26. The maximum absolute atomic E-state index is 12.7. The number of morpholine rings is 1. The maximum atomic E-state index is 12.7. The van der Waals surface area contributed by atoms with Gasteiger partial charge in [-0.3, -0.25) is 0 Å². The van der Waals surface area contributed by atoms with E-state index in [1.165, 1.54) is 4.31 Å². The quantitative estimate of drug-likeness (QED) is 0.754. The Morgan fingerprint density at radius 3 is 2.47 bits per heavy atom. The van der Waals surface area contributed by atoms with Crippen LogP contribution in [0.2, 0.25) is 0 Å². The van der Waals surface area contributed by atoms with E-state index in [0.717, 1.165) is 0 Å². The number of hydrogen-bond donors (Lipinski definition) is 1. The molecule has 1 aliphatic rings. The first-order chi connectivity index (χ1) is 8.82. The van der Waals surface area contributed by atoms with E-state index in [2.05, 4.69) is 31.9 Å². The molecule has 8 heteroatoms. The zero-order chi connectivity index (χ0) is 14.2. The Bertz CT molecular complexity index is 569. The second-order valence-corrected chi connectivity index (χ2v) is 7.94. The Labute approximate surface area is 129 Å². The van der Waals surface area contributed by atoms with Crippen molar-refractivity contribution < 1.29 is 13.2 Å². The van der Waals surface area contributed by atoms with Gasteiger partial charge in [-0.05, 0) is 50.9 Å². The fraction of sp³-hybridized carbons (Fsp3) is 0.455. The molecule has 1 saturated heterocycles. The van der Waals surface area contributed by atoms with Crippen LogP contribution < -0.4 is 5.73 Å². The molecule has 0 amide bonds. The number of halogens is 2. The van der Waals surface area contributed by atoms with E-state index in [9.17, 15) is 8.42 Å². The van der Waals surface area contributed by atoms with Crippen LogP contribution in [-0.2, 0) is 14.8 Å². The largest absolute Gasteiger partial charge is 0.399 e. The van der Waals surface area contributed by atoms with Gasteiger partial charge >= 0.3 is 0 Å². The minimum Gasteiger partial charge on any atom is -0.399 e. The molecule has 2 rings (SSSR count). The number of hydrogen-bond acceptors (Lipinski definition) is 4. The number of nitrogens with zero attached hydrogens (tertiary/aromatic N) is 1. The molecule has 0 spiro atoms. The molecule has 2 N–H and O–H groups in total. The van der Waals surface area contributed by atoms with Crippen LogP contribution in [0.15, 0.2) is 26.0 Å². The van der Waals surface area contributed by atoms with E-state index in [4.69, 9.17) is 10.5 Å². The summed E-state index contributed by atoms with van der Waals surface area (Å²) in [5.41, 5.74) is 6.18. The SMILES string of the molecule is CC1CN(S(=O)(=O)c2c(Br)cc(N)cc2Br)CCO1. The van der Waals surface area contributed by atoms with Crippen LogP contribution in [-0.4, -0.2) is 38.5 Å². The highest BCUT2D eigenvalue weighted by Gasteiger charge is 2.32. The van der Waals surface area contributed by atoms with E-state index in [0.29, 0.717) is 34.3 Å². The van der Waals surface area contributed by atoms with Gasteiger partial charge in [0.25, 0.3) is 0 Å². The molecule has 0 radical (unpaired) electrons. The lowest BCUT2D eigenvalue weighted by Crippen LogP contribution is -2.44. The van der Waals surface area contributed by atoms with Gasteiger partial charge in [0.2, 0.25) is 10.0 Å². The lowest BCUT2D eigenvalue weighted by Gasteiger charge is -2.30.